The van der Waals surface area contributed by atoms with Gasteiger partial charge in [-0.25, -0.2) is 0 Å². The SMILES string of the molecule is CCCCCCCCCOC(CCCC(C)CC(C)CC(C)CC(C)CC(C)CC(C)Cl)OC(CCCC(C)CC(C)CC(C)CC(C)CC(C)CC(C)Cl)OCCCCCCCCC. The molecule has 3 nitrogen and oxygen atoms in total. The Bertz CT molecular complexity index is 915. The molecule has 0 aliphatic rings. The van der Waals surface area contributed by atoms with Crippen molar-refractivity contribution in [2.45, 2.75) is 313 Å². The summed E-state index contributed by atoms with van der Waals surface area (Å²) in [5.41, 5.74) is 0. The fourth-order valence-electron chi connectivity index (χ4n) is 12.0. The third-order valence-electron chi connectivity index (χ3n) is 14.6. The molecule has 0 amide bonds. The molecule has 0 aromatic heterocycles. The summed E-state index contributed by atoms with van der Waals surface area (Å²) in [5.74, 6) is 7.51. The summed E-state index contributed by atoms with van der Waals surface area (Å²) in [4.78, 5) is 0. The Labute approximate surface area is 420 Å². The number of unbranched alkanes of at least 4 members (excludes halogenated alkanes) is 12. The standard InChI is InChI=1S/C60H120Cl2O3/c1-15-17-19-21-23-25-27-35-63-59(33-29-31-47(3)37-49(5)39-51(7)41-53(9)43-55(11)45-57(13)61)65-60(64-36-28-26-24-22-20-18-16-2)34-30-32-48(4)38-50(6)40-52(8)42-54(10)44-56(12)46-58(14)62/h47-60H,15-46H2,1-14H3. The average Bonchev–Trinajstić information content (AvgIpc) is 3.18. The van der Waals surface area contributed by atoms with Gasteiger partial charge in [0.05, 0.1) is 0 Å². The highest BCUT2D eigenvalue weighted by atomic mass is 35.5. The van der Waals surface area contributed by atoms with Crippen molar-refractivity contribution in [1.82, 2.24) is 0 Å². The Hall–Kier alpha value is 0.460. The van der Waals surface area contributed by atoms with Crippen LogP contribution in [-0.2, 0) is 14.2 Å². The number of alkyl halides is 2. The van der Waals surface area contributed by atoms with Crippen LogP contribution in [0.2, 0.25) is 0 Å². The van der Waals surface area contributed by atoms with Crippen molar-refractivity contribution in [3.8, 4) is 0 Å². The van der Waals surface area contributed by atoms with Gasteiger partial charge in [0.25, 0.3) is 0 Å². The number of hydrogen-bond donors (Lipinski definition) is 0. The third-order valence-corrected chi connectivity index (χ3v) is 14.9. The van der Waals surface area contributed by atoms with Gasteiger partial charge in [0, 0.05) is 24.0 Å². The molecule has 392 valence electrons. The smallest absolute Gasteiger partial charge is 0.160 e. The predicted octanol–water partition coefficient (Wildman–Crippen LogP) is 21.0. The van der Waals surface area contributed by atoms with E-state index in [1.54, 1.807) is 0 Å². The highest BCUT2D eigenvalue weighted by Gasteiger charge is 2.22. The fourth-order valence-corrected chi connectivity index (χ4v) is 12.6. The van der Waals surface area contributed by atoms with E-state index >= 15 is 0 Å². The molecule has 0 bridgehead atoms. The zero-order valence-corrected chi connectivity index (χ0v) is 48.2. The average molecular weight is 961 g/mol. The first-order valence-corrected chi connectivity index (χ1v) is 30.0. The Morgan fingerprint density at radius 3 is 0.800 bits per heavy atom. The monoisotopic (exact) mass is 959 g/mol. The van der Waals surface area contributed by atoms with Crippen molar-refractivity contribution < 1.29 is 14.2 Å². The Morgan fingerprint density at radius 2 is 0.523 bits per heavy atom. The van der Waals surface area contributed by atoms with Gasteiger partial charge < -0.3 is 14.2 Å². The minimum absolute atomic E-state index is 0.174. The Kier molecular flexibility index (Phi) is 43.6. The molecular weight excluding hydrogens is 840 g/mol. The van der Waals surface area contributed by atoms with Gasteiger partial charge in [-0.3, -0.25) is 0 Å². The van der Waals surface area contributed by atoms with Crippen LogP contribution in [0.15, 0.2) is 0 Å². The van der Waals surface area contributed by atoms with Crippen molar-refractivity contribution in [3.63, 3.8) is 0 Å². The minimum atomic E-state index is -0.174. The van der Waals surface area contributed by atoms with Gasteiger partial charge in [-0.1, -0.05) is 173 Å². The van der Waals surface area contributed by atoms with Crippen molar-refractivity contribution in [3.05, 3.63) is 0 Å². The van der Waals surface area contributed by atoms with E-state index in [9.17, 15) is 0 Å². The number of ether oxygens (including phenoxy) is 3. The van der Waals surface area contributed by atoms with Crippen LogP contribution in [0.1, 0.15) is 290 Å². The second-order valence-corrected chi connectivity index (χ2v) is 25.3. The summed E-state index contributed by atoms with van der Waals surface area (Å²) < 4.78 is 20.2. The molecule has 0 rings (SSSR count). The molecule has 0 spiro atoms. The van der Waals surface area contributed by atoms with Crippen molar-refractivity contribution in [2.24, 2.45) is 59.2 Å². The van der Waals surface area contributed by atoms with Gasteiger partial charge in [0.2, 0.25) is 0 Å². The van der Waals surface area contributed by atoms with Crippen LogP contribution in [0.25, 0.3) is 0 Å². The molecule has 0 heterocycles. The lowest BCUT2D eigenvalue weighted by molar-refractivity contribution is -0.250. The first-order chi connectivity index (χ1) is 30.9. The number of rotatable bonds is 48. The third kappa shape index (κ3) is 43.0. The summed E-state index contributed by atoms with van der Waals surface area (Å²) in [7, 11) is 0. The molecular formula is C60H120Cl2O3. The molecule has 5 heteroatoms. The van der Waals surface area contributed by atoms with Crippen LogP contribution in [0.5, 0.6) is 0 Å². The summed E-state index contributed by atoms with van der Waals surface area (Å²) in [6, 6.07) is 0. The van der Waals surface area contributed by atoms with Crippen molar-refractivity contribution >= 4 is 23.2 Å². The van der Waals surface area contributed by atoms with E-state index in [2.05, 4.69) is 96.9 Å². The van der Waals surface area contributed by atoms with E-state index in [0.29, 0.717) is 11.8 Å². The second kappa shape index (κ2) is 43.3. The lowest BCUT2D eigenvalue weighted by atomic mass is 9.82. The maximum Gasteiger partial charge on any atom is 0.160 e. The lowest BCUT2D eigenvalue weighted by Crippen LogP contribution is -2.28. The van der Waals surface area contributed by atoms with Crippen LogP contribution < -0.4 is 0 Å². The van der Waals surface area contributed by atoms with Crippen molar-refractivity contribution in [1.29, 1.82) is 0 Å². The topological polar surface area (TPSA) is 27.7 Å². The summed E-state index contributed by atoms with van der Waals surface area (Å²) >= 11 is 12.6. The van der Waals surface area contributed by atoms with Crippen LogP contribution >= 0.6 is 23.2 Å². The number of hydrogen-bond acceptors (Lipinski definition) is 3. The minimum Gasteiger partial charge on any atom is -0.353 e. The lowest BCUT2D eigenvalue weighted by Gasteiger charge is -2.27. The van der Waals surface area contributed by atoms with Gasteiger partial charge in [-0.05, 0) is 176 Å². The van der Waals surface area contributed by atoms with Crippen LogP contribution in [0.3, 0.4) is 0 Å². The van der Waals surface area contributed by atoms with E-state index < -0.39 is 0 Å². The molecule has 0 aromatic carbocycles. The predicted molar refractivity (Wildman–Crippen MR) is 293 cm³/mol. The molecule has 0 N–H and O–H groups in total. The summed E-state index contributed by atoms with van der Waals surface area (Å²) in [5, 5.41) is 0.567. The molecule has 65 heavy (non-hydrogen) atoms. The molecule has 14 atom stereocenters. The van der Waals surface area contributed by atoms with Crippen LogP contribution in [0, 0.1) is 59.2 Å². The highest BCUT2D eigenvalue weighted by molar-refractivity contribution is 6.20. The van der Waals surface area contributed by atoms with Gasteiger partial charge in [-0.2, -0.15) is 0 Å². The zero-order valence-electron chi connectivity index (χ0n) is 46.7. The van der Waals surface area contributed by atoms with Gasteiger partial charge in [-0.15, -0.1) is 23.2 Å². The van der Waals surface area contributed by atoms with E-state index in [4.69, 9.17) is 37.4 Å². The molecule has 0 aliphatic heterocycles. The maximum atomic E-state index is 6.91. The molecule has 0 aliphatic carbocycles. The van der Waals surface area contributed by atoms with Gasteiger partial charge in [0.15, 0.2) is 12.6 Å². The van der Waals surface area contributed by atoms with E-state index in [1.807, 2.05) is 0 Å². The normalized spacial score (nSPS) is 18.8. The van der Waals surface area contributed by atoms with Crippen LogP contribution in [-0.4, -0.2) is 36.5 Å². The summed E-state index contributed by atoms with van der Waals surface area (Å²) in [6.07, 6.45) is 37.4. The number of halogens is 2. The molecule has 0 fully saturated rings. The van der Waals surface area contributed by atoms with E-state index in [1.165, 1.54) is 141 Å². The molecule has 14 unspecified atom stereocenters. The fraction of sp³-hybridized carbons (Fsp3) is 1.00. The first-order valence-electron chi connectivity index (χ1n) is 29.1. The van der Waals surface area contributed by atoms with E-state index in [0.717, 1.165) is 112 Å². The Morgan fingerprint density at radius 1 is 0.277 bits per heavy atom. The van der Waals surface area contributed by atoms with Crippen LogP contribution in [0.4, 0.5) is 0 Å². The largest absolute Gasteiger partial charge is 0.353 e. The van der Waals surface area contributed by atoms with Gasteiger partial charge in [0.1, 0.15) is 0 Å². The summed E-state index contributed by atoms with van der Waals surface area (Å²) in [6.45, 7) is 35.1. The molecule has 0 radical (unpaired) electrons. The highest BCUT2D eigenvalue weighted by Crippen LogP contribution is 2.32. The molecule has 0 saturated carbocycles. The first kappa shape index (κ1) is 65.5. The molecule has 0 saturated heterocycles. The quantitative estimate of drug-likeness (QED) is 0.0346. The Balaban J connectivity index is 5.38. The molecule has 0 aromatic rings. The van der Waals surface area contributed by atoms with Gasteiger partial charge >= 0.3 is 0 Å². The zero-order chi connectivity index (χ0) is 48.8. The van der Waals surface area contributed by atoms with Crippen molar-refractivity contribution in [2.75, 3.05) is 13.2 Å². The maximum absolute atomic E-state index is 6.91. The van der Waals surface area contributed by atoms with E-state index in [-0.39, 0.29) is 23.3 Å². The second-order valence-electron chi connectivity index (χ2n) is 23.8.